The summed E-state index contributed by atoms with van der Waals surface area (Å²) in [7, 11) is 1.53. The van der Waals surface area contributed by atoms with Gasteiger partial charge in [-0.15, -0.1) is 0 Å². The normalized spacial score (nSPS) is 10.1. The average Bonchev–Trinajstić information content (AvgIpc) is 2.39. The summed E-state index contributed by atoms with van der Waals surface area (Å²) in [4.78, 5) is 4.22. The Kier molecular flexibility index (Phi) is 3.10. The highest BCUT2D eigenvalue weighted by Crippen LogP contribution is 2.17. The van der Waals surface area contributed by atoms with Crippen molar-refractivity contribution in [1.82, 2.24) is 15.2 Å². The minimum atomic E-state index is 0.289. The number of aromatic nitrogens is 3. The lowest BCUT2D eigenvalue weighted by Gasteiger charge is -2.02. The fourth-order valence-electron chi connectivity index (χ4n) is 1.42. The third-order valence-electron chi connectivity index (χ3n) is 2.38. The summed E-state index contributed by atoms with van der Waals surface area (Å²) >= 11 is 0. The fraction of sp³-hybridized carbons (Fsp3) is 0.250. The number of methoxy groups -OCH3 is 1. The SMILES string of the molecule is CCc1ccc(-c2cnnc(OC)n2)cc1. The highest BCUT2D eigenvalue weighted by atomic mass is 16.5. The smallest absolute Gasteiger partial charge is 0.335 e. The molecule has 2 rings (SSSR count). The van der Waals surface area contributed by atoms with Gasteiger partial charge in [0.2, 0.25) is 0 Å². The topological polar surface area (TPSA) is 47.9 Å². The molecule has 0 N–H and O–H groups in total. The van der Waals surface area contributed by atoms with Gasteiger partial charge in [-0.2, -0.15) is 10.1 Å². The van der Waals surface area contributed by atoms with Gasteiger partial charge in [0.1, 0.15) is 0 Å². The molecule has 0 amide bonds. The lowest BCUT2D eigenvalue weighted by Crippen LogP contribution is -1.95. The standard InChI is InChI=1S/C12H13N3O/c1-3-9-4-6-10(7-5-9)11-8-13-15-12(14-11)16-2/h4-8H,3H2,1-2H3. The summed E-state index contributed by atoms with van der Waals surface area (Å²) in [6.07, 6.45) is 2.66. The van der Waals surface area contributed by atoms with Crippen LogP contribution in [0.5, 0.6) is 6.01 Å². The van der Waals surface area contributed by atoms with E-state index in [0.29, 0.717) is 0 Å². The van der Waals surface area contributed by atoms with Crippen molar-refractivity contribution in [2.75, 3.05) is 7.11 Å². The third-order valence-corrected chi connectivity index (χ3v) is 2.38. The van der Waals surface area contributed by atoms with E-state index in [4.69, 9.17) is 4.74 Å². The van der Waals surface area contributed by atoms with E-state index < -0.39 is 0 Å². The monoisotopic (exact) mass is 215 g/mol. The van der Waals surface area contributed by atoms with E-state index in [9.17, 15) is 0 Å². The zero-order valence-corrected chi connectivity index (χ0v) is 9.34. The molecular formula is C12H13N3O. The molecule has 0 saturated heterocycles. The second kappa shape index (κ2) is 4.70. The van der Waals surface area contributed by atoms with E-state index >= 15 is 0 Å². The first kappa shape index (κ1) is 10.5. The first-order valence-corrected chi connectivity index (χ1v) is 5.16. The van der Waals surface area contributed by atoms with Crippen molar-refractivity contribution in [3.63, 3.8) is 0 Å². The molecule has 2 aromatic rings. The maximum absolute atomic E-state index is 4.94. The molecule has 0 atom stereocenters. The lowest BCUT2D eigenvalue weighted by atomic mass is 10.1. The van der Waals surface area contributed by atoms with Crippen LogP contribution in [0.3, 0.4) is 0 Å². The first-order chi connectivity index (χ1) is 7.83. The summed E-state index contributed by atoms with van der Waals surface area (Å²) in [6, 6.07) is 8.52. The number of hydrogen-bond donors (Lipinski definition) is 0. The fourth-order valence-corrected chi connectivity index (χ4v) is 1.42. The van der Waals surface area contributed by atoms with E-state index in [1.54, 1.807) is 6.20 Å². The second-order valence-corrected chi connectivity index (χ2v) is 3.38. The largest absolute Gasteiger partial charge is 0.466 e. The van der Waals surface area contributed by atoms with Gasteiger partial charge < -0.3 is 4.74 Å². The number of ether oxygens (including phenoxy) is 1. The number of aryl methyl sites for hydroxylation is 1. The Morgan fingerprint density at radius 1 is 1.19 bits per heavy atom. The van der Waals surface area contributed by atoms with Crippen LogP contribution < -0.4 is 4.74 Å². The molecule has 0 unspecified atom stereocenters. The molecule has 1 heterocycles. The van der Waals surface area contributed by atoms with E-state index in [-0.39, 0.29) is 6.01 Å². The van der Waals surface area contributed by atoms with Gasteiger partial charge in [-0.25, -0.2) is 0 Å². The second-order valence-electron chi connectivity index (χ2n) is 3.38. The van der Waals surface area contributed by atoms with Crippen LogP contribution in [0.2, 0.25) is 0 Å². The van der Waals surface area contributed by atoms with Crippen LogP contribution in [0.15, 0.2) is 30.5 Å². The Balaban J connectivity index is 2.34. The zero-order valence-electron chi connectivity index (χ0n) is 9.34. The van der Waals surface area contributed by atoms with Crippen molar-refractivity contribution in [3.05, 3.63) is 36.0 Å². The highest BCUT2D eigenvalue weighted by molar-refractivity contribution is 5.58. The minimum Gasteiger partial charge on any atom is -0.466 e. The van der Waals surface area contributed by atoms with Gasteiger partial charge in [0.15, 0.2) is 0 Å². The molecule has 16 heavy (non-hydrogen) atoms. The molecule has 0 radical (unpaired) electrons. The maximum Gasteiger partial charge on any atom is 0.335 e. The summed E-state index contributed by atoms with van der Waals surface area (Å²) in [5, 5.41) is 7.57. The Hall–Kier alpha value is -1.97. The van der Waals surface area contributed by atoms with Gasteiger partial charge in [-0.05, 0) is 12.0 Å². The number of benzene rings is 1. The summed E-state index contributed by atoms with van der Waals surface area (Å²) in [5.41, 5.74) is 3.10. The third kappa shape index (κ3) is 2.16. The molecule has 4 heteroatoms. The first-order valence-electron chi connectivity index (χ1n) is 5.16. The van der Waals surface area contributed by atoms with Crippen molar-refractivity contribution in [2.24, 2.45) is 0 Å². The number of rotatable bonds is 3. The van der Waals surface area contributed by atoms with Crippen molar-refractivity contribution in [1.29, 1.82) is 0 Å². The molecular weight excluding hydrogens is 202 g/mol. The average molecular weight is 215 g/mol. The van der Waals surface area contributed by atoms with Gasteiger partial charge in [-0.3, -0.25) is 0 Å². The van der Waals surface area contributed by atoms with Crippen LogP contribution in [0.25, 0.3) is 11.3 Å². The predicted molar refractivity (Wildman–Crippen MR) is 61.2 cm³/mol. The lowest BCUT2D eigenvalue weighted by molar-refractivity contribution is 0.374. The zero-order chi connectivity index (χ0) is 11.4. The van der Waals surface area contributed by atoms with Gasteiger partial charge in [0.25, 0.3) is 0 Å². The molecule has 0 aliphatic rings. The molecule has 4 nitrogen and oxygen atoms in total. The summed E-state index contributed by atoms with van der Waals surface area (Å²) in [5.74, 6) is 0. The van der Waals surface area contributed by atoms with Gasteiger partial charge in [-0.1, -0.05) is 36.3 Å². The Labute approximate surface area is 94.3 Å². The molecule has 1 aromatic heterocycles. The molecule has 0 saturated carbocycles. The van der Waals surface area contributed by atoms with Crippen molar-refractivity contribution >= 4 is 0 Å². The van der Waals surface area contributed by atoms with Crippen LogP contribution in [0.4, 0.5) is 0 Å². The minimum absolute atomic E-state index is 0.289. The number of hydrogen-bond acceptors (Lipinski definition) is 4. The highest BCUT2D eigenvalue weighted by Gasteiger charge is 2.02. The van der Waals surface area contributed by atoms with E-state index in [1.807, 2.05) is 12.1 Å². The van der Waals surface area contributed by atoms with E-state index in [1.165, 1.54) is 12.7 Å². The number of nitrogens with zero attached hydrogens (tertiary/aromatic N) is 3. The van der Waals surface area contributed by atoms with E-state index in [0.717, 1.165) is 17.7 Å². The quantitative estimate of drug-likeness (QED) is 0.786. The van der Waals surface area contributed by atoms with Crippen LogP contribution in [-0.2, 0) is 6.42 Å². The van der Waals surface area contributed by atoms with Crippen molar-refractivity contribution in [2.45, 2.75) is 13.3 Å². The Bertz CT molecular complexity index is 468. The maximum atomic E-state index is 4.94. The summed E-state index contributed by atoms with van der Waals surface area (Å²) < 4.78 is 4.94. The molecule has 82 valence electrons. The summed E-state index contributed by atoms with van der Waals surface area (Å²) in [6.45, 7) is 2.13. The molecule has 0 aliphatic heterocycles. The Morgan fingerprint density at radius 2 is 1.94 bits per heavy atom. The van der Waals surface area contributed by atoms with Gasteiger partial charge in [0.05, 0.1) is 19.0 Å². The Morgan fingerprint density at radius 3 is 2.56 bits per heavy atom. The van der Waals surface area contributed by atoms with Gasteiger partial charge >= 0.3 is 6.01 Å². The van der Waals surface area contributed by atoms with Crippen LogP contribution in [-0.4, -0.2) is 22.3 Å². The van der Waals surface area contributed by atoms with Gasteiger partial charge in [0, 0.05) is 5.56 Å². The van der Waals surface area contributed by atoms with Crippen molar-refractivity contribution < 1.29 is 4.74 Å². The predicted octanol–water partition coefficient (Wildman–Crippen LogP) is 2.11. The molecule has 0 bridgehead atoms. The molecule has 0 fully saturated rings. The van der Waals surface area contributed by atoms with Crippen LogP contribution >= 0.6 is 0 Å². The van der Waals surface area contributed by atoms with Crippen LogP contribution in [0.1, 0.15) is 12.5 Å². The van der Waals surface area contributed by atoms with Crippen LogP contribution in [0, 0.1) is 0 Å². The molecule has 0 spiro atoms. The molecule has 1 aromatic carbocycles. The van der Waals surface area contributed by atoms with Crippen molar-refractivity contribution in [3.8, 4) is 17.3 Å². The molecule has 0 aliphatic carbocycles. The van der Waals surface area contributed by atoms with E-state index in [2.05, 4.69) is 34.2 Å².